The van der Waals surface area contributed by atoms with Gasteiger partial charge in [-0.2, -0.15) is 0 Å². The Kier molecular flexibility index (Phi) is 6.18. The highest BCUT2D eigenvalue weighted by molar-refractivity contribution is 5.93. The van der Waals surface area contributed by atoms with Crippen LogP contribution in [-0.4, -0.2) is 17.1 Å². The third kappa shape index (κ3) is 4.25. The molecule has 0 aliphatic carbocycles. The molecule has 0 aliphatic rings. The number of anilines is 1. The van der Waals surface area contributed by atoms with Gasteiger partial charge in [0.25, 0.3) is 5.56 Å². The molecule has 0 saturated heterocycles. The summed E-state index contributed by atoms with van der Waals surface area (Å²) >= 11 is 0. The van der Waals surface area contributed by atoms with Gasteiger partial charge >= 0.3 is 0 Å². The van der Waals surface area contributed by atoms with Gasteiger partial charge in [-0.15, -0.1) is 0 Å². The number of aromatic nitrogens is 1. The van der Waals surface area contributed by atoms with Gasteiger partial charge in [-0.3, -0.25) is 9.59 Å². The van der Waals surface area contributed by atoms with Gasteiger partial charge in [0.05, 0.1) is 6.61 Å². The highest BCUT2D eigenvalue weighted by atomic mass is 16.5. The van der Waals surface area contributed by atoms with E-state index in [-0.39, 0.29) is 17.2 Å². The Morgan fingerprint density at radius 3 is 2.54 bits per heavy atom. The van der Waals surface area contributed by atoms with Crippen LogP contribution in [-0.2, 0) is 11.2 Å². The second-order valence-corrected chi connectivity index (χ2v) is 5.65. The number of pyridine rings is 1. The molecule has 1 aromatic heterocycles. The molecule has 1 unspecified atom stereocenters. The highest BCUT2D eigenvalue weighted by Gasteiger charge is 2.17. The van der Waals surface area contributed by atoms with Crippen LogP contribution in [0.5, 0.6) is 5.75 Å². The molecule has 2 rings (SSSR count). The molecule has 0 aliphatic heterocycles. The second-order valence-electron chi connectivity index (χ2n) is 5.65. The number of amides is 1. The molecule has 2 aromatic rings. The van der Waals surface area contributed by atoms with Gasteiger partial charge in [0.15, 0.2) is 5.75 Å². The van der Waals surface area contributed by atoms with E-state index in [0.717, 1.165) is 18.5 Å². The molecule has 1 heterocycles. The number of rotatable bonds is 7. The Morgan fingerprint density at radius 2 is 1.92 bits per heavy atom. The quantitative estimate of drug-likeness (QED) is 0.847. The number of nitrogens with one attached hydrogen (secondary N) is 1. The van der Waals surface area contributed by atoms with Crippen LogP contribution in [0.2, 0.25) is 0 Å². The molecule has 1 N–H and O–H groups in total. The number of nitrogens with zero attached hydrogens (tertiary/aromatic N) is 1. The van der Waals surface area contributed by atoms with Crippen molar-refractivity contribution in [3.63, 3.8) is 0 Å². The standard InChI is InChI=1S/C19H24N2O3/c1-4-13-24-17-7-6-12-21(19(17)23)14(3)18(22)20-16-10-8-15(5-2)9-11-16/h6-12,14H,4-5,13H2,1-3H3,(H,20,22). The third-order valence-electron chi connectivity index (χ3n) is 3.83. The maximum absolute atomic E-state index is 12.4. The van der Waals surface area contributed by atoms with Crippen LogP contribution in [0, 0.1) is 0 Å². The molecule has 0 saturated carbocycles. The first-order chi connectivity index (χ1) is 11.6. The average Bonchev–Trinajstić information content (AvgIpc) is 2.61. The van der Waals surface area contributed by atoms with Crippen LogP contribution in [0.3, 0.4) is 0 Å². The third-order valence-corrected chi connectivity index (χ3v) is 3.83. The molecule has 5 nitrogen and oxygen atoms in total. The van der Waals surface area contributed by atoms with Crippen molar-refractivity contribution in [3.05, 3.63) is 58.5 Å². The van der Waals surface area contributed by atoms with Crippen molar-refractivity contribution >= 4 is 11.6 Å². The average molecular weight is 328 g/mol. The largest absolute Gasteiger partial charge is 0.488 e. The van der Waals surface area contributed by atoms with E-state index in [1.165, 1.54) is 10.1 Å². The molecule has 1 amide bonds. The molecule has 1 atom stereocenters. The van der Waals surface area contributed by atoms with Crippen LogP contribution in [0.4, 0.5) is 5.69 Å². The topological polar surface area (TPSA) is 60.3 Å². The number of hydrogen-bond donors (Lipinski definition) is 1. The van der Waals surface area contributed by atoms with Crippen molar-refractivity contribution in [2.24, 2.45) is 0 Å². The summed E-state index contributed by atoms with van der Waals surface area (Å²) in [6.07, 6.45) is 3.37. The SMILES string of the molecule is CCCOc1cccn(C(C)C(=O)Nc2ccc(CC)cc2)c1=O. The van der Waals surface area contributed by atoms with Crippen molar-refractivity contribution in [2.45, 2.75) is 39.7 Å². The van der Waals surface area contributed by atoms with Crippen LogP contribution in [0.25, 0.3) is 0 Å². The molecule has 1 aromatic carbocycles. The lowest BCUT2D eigenvalue weighted by molar-refractivity contribution is -0.118. The fraction of sp³-hybridized carbons (Fsp3) is 0.368. The first kappa shape index (κ1) is 17.8. The van der Waals surface area contributed by atoms with Gasteiger partial charge in [-0.25, -0.2) is 0 Å². The van der Waals surface area contributed by atoms with E-state index in [1.54, 1.807) is 25.3 Å². The molecular formula is C19H24N2O3. The number of aryl methyl sites for hydroxylation is 1. The van der Waals surface area contributed by atoms with E-state index < -0.39 is 6.04 Å². The van der Waals surface area contributed by atoms with Gasteiger partial charge in [-0.1, -0.05) is 26.0 Å². The summed E-state index contributed by atoms with van der Waals surface area (Å²) in [5.74, 6) is 0.0280. The van der Waals surface area contributed by atoms with Gasteiger partial charge in [0.2, 0.25) is 5.91 Å². The minimum absolute atomic E-state index is 0.242. The number of hydrogen-bond acceptors (Lipinski definition) is 3. The zero-order valence-electron chi connectivity index (χ0n) is 14.4. The van der Waals surface area contributed by atoms with E-state index in [0.29, 0.717) is 6.61 Å². The van der Waals surface area contributed by atoms with Gasteiger partial charge < -0.3 is 14.6 Å². The van der Waals surface area contributed by atoms with E-state index in [4.69, 9.17) is 4.74 Å². The van der Waals surface area contributed by atoms with Crippen molar-refractivity contribution in [1.82, 2.24) is 4.57 Å². The molecular weight excluding hydrogens is 304 g/mol. The van der Waals surface area contributed by atoms with E-state index in [9.17, 15) is 9.59 Å². The molecule has 0 fully saturated rings. The Hall–Kier alpha value is -2.56. The molecule has 0 radical (unpaired) electrons. The summed E-state index contributed by atoms with van der Waals surface area (Å²) in [5, 5.41) is 2.84. The fourth-order valence-corrected chi connectivity index (χ4v) is 2.31. The van der Waals surface area contributed by atoms with Crippen LogP contribution in [0.15, 0.2) is 47.4 Å². The summed E-state index contributed by atoms with van der Waals surface area (Å²) in [6.45, 7) is 6.22. The Bertz CT molecular complexity index is 735. The minimum atomic E-state index is -0.631. The van der Waals surface area contributed by atoms with Crippen molar-refractivity contribution in [1.29, 1.82) is 0 Å². The summed E-state index contributed by atoms with van der Waals surface area (Å²) in [5.41, 5.74) is 1.63. The van der Waals surface area contributed by atoms with Gasteiger partial charge in [0.1, 0.15) is 6.04 Å². The maximum atomic E-state index is 12.4. The summed E-state index contributed by atoms with van der Waals surface area (Å²) < 4.78 is 6.82. The lowest BCUT2D eigenvalue weighted by Gasteiger charge is -2.16. The Balaban J connectivity index is 2.13. The monoisotopic (exact) mass is 328 g/mol. The molecule has 128 valence electrons. The first-order valence-electron chi connectivity index (χ1n) is 8.30. The van der Waals surface area contributed by atoms with E-state index in [1.807, 2.05) is 31.2 Å². The molecule has 0 spiro atoms. The zero-order valence-corrected chi connectivity index (χ0v) is 14.4. The Morgan fingerprint density at radius 1 is 1.21 bits per heavy atom. The maximum Gasteiger partial charge on any atom is 0.293 e. The predicted octanol–water partition coefficient (Wildman–Crippen LogP) is 3.40. The van der Waals surface area contributed by atoms with E-state index in [2.05, 4.69) is 12.2 Å². The van der Waals surface area contributed by atoms with Gasteiger partial charge in [-0.05, 0) is 49.6 Å². The lowest BCUT2D eigenvalue weighted by atomic mass is 10.1. The molecule has 24 heavy (non-hydrogen) atoms. The smallest absolute Gasteiger partial charge is 0.293 e. The number of carbonyl (C=O) groups excluding carboxylic acids is 1. The highest BCUT2D eigenvalue weighted by Crippen LogP contribution is 2.14. The molecule has 0 bridgehead atoms. The van der Waals surface area contributed by atoms with Gasteiger partial charge in [0, 0.05) is 11.9 Å². The summed E-state index contributed by atoms with van der Waals surface area (Å²) in [7, 11) is 0. The number of carbonyl (C=O) groups is 1. The lowest BCUT2D eigenvalue weighted by Crippen LogP contribution is -2.31. The summed E-state index contributed by atoms with van der Waals surface area (Å²) in [4.78, 5) is 24.8. The Labute approximate surface area is 142 Å². The van der Waals surface area contributed by atoms with Crippen molar-refractivity contribution in [3.8, 4) is 5.75 Å². The fourth-order valence-electron chi connectivity index (χ4n) is 2.31. The van der Waals surface area contributed by atoms with Crippen LogP contribution in [0.1, 0.15) is 38.8 Å². The number of benzene rings is 1. The van der Waals surface area contributed by atoms with E-state index >= 15 is 0 Å². The van der Waals surface area contributed by atoms with Crippen LogP contribution < -0.4 is 15.6 Å². The normalized spacial score (nSPS) is 11.8. The van der Waals surface area contributed by atoms with Crippen molar-refractivity contribution in [2.75, 3.05) is 11.9 Å². The van der Waals surface area contributed by atoms with Crippen LogP contribution >= 0.6 is 0 Å². The minimum Gasteiger partial charge on any atom is -0.488 e. The predicted molar refractivity (Wildman–Crippen MR) is 95.6 cm³/mol. The zero-order chi connectivity index (χ0) is 17.5. The second kappa shape index (κ2) is 8.34. The molecule has 5 heteroatoms. The van der Waals surface area contributed by atoms with Crippen molar-refractivity contribution < 1.29 is 9.53 Å². The number of ether oxygens (including phenoxy) is 1. The summed E-state index contributed by atoms with van der Waals surface area (Å²) in [6, 6.07) is 10.4. The first-order valence-corrected chi connectivity index (χ1v) is 8.30.